The second-order valence-electron chi connectivity index (χ2n) is 7.89. The summed E-state index contributed by atoms with van der Waals surface area (Å²) in [6.07, 6.45) is 5.02. The van der Waals surface area contributed by atoms with E-state index in [4.69, 9.17) is 4.74 Å². The summed E-state index contributed by atoms with van der Waals surface area (Å²) in [7, 11) is 0. The molecular formula is C22H24BrN9O3. The second kappa shape index (κ2) is 9.58. The van der Waals surface area contributed by atoms with E-state index in [2.05, 4.69) is 41.5 Å². The lowest BCUT2D eigenvalue weighted by atomic mass is 10.2. The number of fused-ring (bicyclic) bond motifs is 1. The summed E-state index contributed by atoms with van der Waals surface area (Å²) in [5.41, 5.74) is 2.71. The molecule has 0 bridgehead atoms. The number of halogens is 1. The molecule has 0 unspecified atom stereocenters. The number of aryl methyl sites for hydroxylation is 2. The Kier molecular flexibility index (Phi) is 6.34. The van der Waals surface area contributed by atoms with Gasteiger partial charge >= 0.3 is 0 Å². The molecule has 1 N–H and O–H groups in total. The van der Waals surface area contributed by atoms with E-state index in [0.717, 1.165) is 11.0 Å². The molecule has 2 amide bonds. The highest BCUT2D eigenvalue weighted by molar-refractivity contribution is 9.10. The number of amides is 2. The molecule has 35 heavy (non-hydrogen) atoms. The Morgan fingerprint density at radius 2 is 1.97 bits per heavy atom. The standard InChI is InChI=1S/C22H24BrN9O3/c1-3-30-13-14(23)19(28-30)17-5-6-24-18-11-15(27-32(17)18)21(33)26-16-12-25-31(4-2)20(16)22(34)29-7-9-35-10-8-29/h5-6,11-13H,3-4,7-10H2,1-2H3,(H,26,33). The first-order valence-corrected chi connectivity index (χ1v) is 12.1. The summed E-state index contributed by atoms with van der Waals surface area (Å²) in [5, 5.41) is 16.2. The van der Waals surface area contributed by atoms with Crippen LogP contribution >= 0.6 is 15.9 Å². The van der Waals surface area contributed by atoms with Gasteiger partial charge in [-0.2, -0.15) is 15.3 Å². The van der Waals surface area contributed by atoms with Gasteiger partial charge in [-0.15, -0.1) is 0 Å². The summed E-state index contributed by atoms with van der Waals surface area (Å²) in [5.74, 6) is -0.662. The van der Waals surface area contributed by atoms with Crippen LogP contribution in [0.4, 0.5) is 5.69 Å². The molecule has 1 aliphatic rings. The fraction of sp³-hybridized carbons (Fsp3) is 0.364. The molecule has 0 atom stereocenters. The Hall–Kier alpha value is -3.58. The van der Waals surface area contributed by atoms with Crippen LogP contribution in [0, 0.1) is 0 Å². The van der Waals surface area contributed by atoms with Crippen molar-refractivity contribution in [2.24, 2.45) is 0 Å². The Morgan fingerprint density at radius 3 is 2.69 bits per heavy atom. The minimum atomic E-state index is -0.466. The summed E-state index contributed by atoms with van der Waals surface area (Å²) in [6, 6.07) is 3.39. The van der Waals surface area contributed by atoms with Crippen molar-refractivity contribution in [3.8, 4) is 11.4 Å². The summed E-state index contributed by atoms with van der Waals surface area (Å²) in [4.78, 5) is 32.4. The first-order chi connectivity index (χ1) is 17.0. The van der Waals surface area contributed by atoms with Gasteiger partial charge in [-0.1, -0.05) is 0 Å². The number of ether oxygens (including phenoxy) is 1. The Labute approximate surface area is 209 Å². The fourth-order valence-corrected chi connectivity index (χ4v) is 4.48. The Morgan fingerprint density at radius 1 is 1.17 bits per heavy atom. The average Bonchev–Trinajstić information content (AvgIpc) is 3.60. The van der Waals surface area contributed by atoms with Gasteiger partial charge in [0.05, 0.1) is 35.3 Å². The van der Waals surface area contributed by atoms with Crippen molar-refractivity contribution in [2.45, 2.75) is 26.9 Å². The van der Waals surface area contributed by atoms with E-state index in [9.17, 15) is 9.59 Å². The lowest BCUT2D eigenvalue weighted by Crippen LogP contribution is -2.41. The van der Waals surface area contributed by atoms with Gasteiger partial charge in [0.2, 0.25) is 0 Å². The van der Waals surface area contributed by atoms with Crippen LogP contribution in [-0.4, -0.2) is 77.2 Å². The molecule has 182 valence electrons. The van der Waals surface area contributed by atoms with E-state index in [1.54, 1.807) is 37.1 Å². The lowest BCUT2D eigenvalue weighted by Gasteiger charge is -2.27. The van der Waals surface area contributed by atoms with E-state index in [-0.39, 0.29) is 11.6 Å². The quantitative estimate of drug-likeness (QED) is 0.397. The van der Waals surface area contributed by atoms with Gasteiger partial charge in [0.15, 0.2) is 11.3 Å². The number of morpholine rings is 1. The number of nitrogens with zero attached hydrogens (tertiary/aromatic N) is 8. The topological polar surface area (TPSA) is 124 Å². The summed E-state index contributed by atoms with van der Waals surface area (Å²) < 4.78 is 11.1. The fourth-order valence-electron chi connectivity index (χ4n) is 3.96. The molecule has 4 aromatic heterocycles. The third kappa shape index (κ3) is 4.32. The highest BCUT2D eigenvalue weighted by Crippen LogP contribution is 2.27. The van der Waals surface area contributed by atoms with Crippen LogP contribution in [-0.2, 0) is 17.8 Å². The van der Waals surface area contributed by atoms with Crippen molar-refractivity contribution < 1.29 is 14.3 Å². The highest BCUT2D eigenvalue weighted by Gasteiger charge is 2.27. The molecule has 5 heterocycles. The molecule has 0 spiro atoms. The number of carbonyl (C=O) groups is 2. The molecule has 4 aromatic rings. The maximum absolute atomic E-state index is 13.2. The van der Waals surface area contributed by atoms with Crippen LogP contribution in [0.3, 0.4) is 0 Å². The van der Waals surface area contributed by atoms with Crippen molar-refractivity contribution in [3.05, 3.63) is 46.6 Å². The van der Waals surface area contributed by atoms with Crippen molar-refractivity contribution in [1.82, 2.24) is 39.1 Å². The minimum absolute atomic E-state index is 0.157. The van der Waals surface area contributed by atoms with Gasteiger partial charge < -0.3 is 15.0 Å². The molecular weight excluding hydrogens is 518 g/mol. The van der Waals surface area contributed by atoms with Crippen molar-refractivity contribution in [3.63, 3.8) is 0 Å². The van der Waals surface area contributed by atoms with Crippen LogP contribution in [0.1, 0.15) is 34.8 Å². The second-order valence-corrected chi connectivity index (χ2v) is 8.75. The van der Waals surface area contributed by atoms with Gasteiger partial charge in [-0.3, -0.25) is 19.0 Å². The van der Waals surface area contributed by atoms with Crippen molar-refractivity contribution in [2.75, 3.05) is 31.6 Å². The normalized spacial score (nSPS) is 14.0. The minimum Gasteiger partial charge on any atom is -0.378 e. The highest BCUT2D eigenvalue weighted by atomic mass is 79.9. The van der Waals surface area contributed by atoms with Gasteiger partial charge in [0, 0.05) is 44.6 Å². The smallest absolute Gasteiger partial charge is 0.276 e. The van der Waals surface area contributed by atoms with E-state index in [0.29, 0.717) is 61.3 Å². The molecule has 13 heteroatoms. The van der Waals surface area contributed by atoms with Crippen LogP contribution in [0.2, 0.25) is 0 Å². The number of hydrogen-bond acceptors (Lipinski definition) is 7. The zero-order valence-electron chi connectivity index (χ0n) is 19.3. The van der Waals surface area contributed by atoms with Crippen LogP contribution in [0.15, 0.2) is 35.2 Å². The van der Waals surface area contributed by atoms with Gasteiger partial charge in [0.1, 0.15) is 11.4 Å². The predicted molar refractivity (Wildman–Crippen MR) is 130 cm³/mol. The monoisotopic (exact) mass is 541 g/mol. The number of hydrogen-bond donors (Lipinski definition) is 1. The average molecular weight is 542 g/mol. The van der Waals surface area contributed by atoms with E-state index < -0.39 is 5.91 Å². The van der Waals surface area contributed by atoms with Gasteiger partial charge in [-0.05, 0) is 35.8 Å². The number of rotatable bonds is 6. The number of nitrogens with one attached hydrogen (secondary N) is 1. The molecule has 1 saturated heterocycles. The lowest BCUT2D eigenvalue weighted by molar-refractivity contribution is 0.0295. The number of carbonyl (C=O) groups excluding carboxylic acids is 2. The Bertz CT molecular complexity index is 1400. The molecule has 5 rings (SSSR count). The third-order valence-electron chi connectivity index (χ3n) is 5.76. The molecule has 0 aliphatic carbocycles. The zero-order valence-corrected chi connectivity index (χ0v) is 20.9. The molecule has 0 saturated carbocycles. The molecule has 1 aliphatic heterocycles. The third-order valence-corrected chi connectivity index (χ3v) is 6.34. The maximum Gasteiger partial charge on any atom is 0.276 e. The molecule has 0 radical (unpaired) electrons. The summed E-state index contributed by atoms with van der Waals surface area (Å²) in [6.45, 7) is 7.05. The van der Waals surface area contributed by atoms with E-state index >= 15 is 0 Å². The van der Waals surface area contributed by atoms with Gasteiger partial charge in [-0.25, -0.2) is 9.50 Å². The zero-order chi connectivity index (χ0) is 24.5. The Balaban J connectivity index is 1.45. The maximum atomic E-state index is 13.2. The molecule has 1 fully saturated rings. The summed E-state index contributed by atoms with van der Waals surface area (Å²) >= 11 is 3.55. The van der Waals surface area contributed by atoms with E-state index in [1.165, 1.54) is 6.20 Å². The van der Waals surface area contributed by atoms with Crippen LogP contribution in [0.5, 0.6) is 0 Å². The number of aromatic nitrogens is 7. The van der Waals surface area contributed by atoms with Crippen LogP contribution < -0.4 is 5.32 Å². The SMILES string of the molecule is CCn1cc(Br)c(-c2ccnc3cc(C(=O)Nc4cnn(CC)c4C(=O)N4CCOCC4)nn23)n1. The van der Waals surface area contributed by atoms with Crippen molar-refractivity contribution in [1.29, 1.82) is 0 Å². The molecule has 12 nitrogen and oxygen atoms in total. The first kappa shape index (κ1) is 23.2. The van der Waals surface area contributed by atoms with E-state index in [1.807, 2.05) is 20.0 Å². The first-order valence-electron chi connectivity index (χ1n) is 11.3. The molecule has 0 aromatic carbocycles. The largest absolute Gasteiger partial charge is 0.378 e. The number of anilines is 1. The van der Waals surface area contributed by atoms with Crippen molar-refractivity contribution >= 4 is 39.1 Å². The van der Waals surface area contributed by atoms with Gasteiger partial charge in [0.25, 0.3) is 11.8 Å². The predicted octanol–water partition coefficient (Wildman–Crippen LogP) is 2.32. The van der Waals surface area contributed by atoms with Crippen LogP contribution in [0.25, 0.3) is 17.0 Å².